The van der Waals surface area contributed by atoms with Crippen molar-refractivity contribution >= 4 is 28.7 Å². The van der Waals surface area contributed by atoms with E-state index in [1.165, 1.54) is 11.1 Å². The molecule has 0 atom stereocenters. The Hall–Kier alpha value is -2.67. The van der Waals surface area contributed by atoms with Gasteiger partial charge in [-0.3, -0.25) is 9.36 Å². The van der Waals surface area contributed by atoms with Gasteiger partial charge < -0.3 is 10.6 Å². The van der Waals surface area contributed by atoms with Gasteiger partial charge in [0, 0.05) is 19.4 Å². The molecule has 124 valence electrons. The summed E-state index contributed by atoms with van der Waals surface area (Å²) in [6.45, 7) is 4.77. The molecular formula is C17H20N6S. The van der Waals surface area contributed by atoms with Gasteiger partial charge in [0.05, 0.1) is 29.8 Å². The van der Waals surface area contributed by atoms with E-state index in [1.54, 1.807) is 10.9 Å². The first-order chi connectivity index (χ1) is 11.5. The molecule has 7 heteroatoms. The van der Waals surface area contributed by atoms with Gasteiger partial charge in [-0.25, -0.2) is 0 Å². The third-order valence-electron chi connectivity index (χ3n) is 3.75. The fourth-order valence-corrected chi connectivity index (χ4v) is 2.71. The molecule has 0 fully saturated rings. The Bertz CT molecular complexity index is 864. The fourth-order valence-electron chi connectivity index (χ4n) is 2.48. The van der Waals surface area contributed by atoms with Crippen LogP contribution >= 0.6 is 12.2 Å². The first-order valence-corrected chi connectivity index (χ1v) is 8.07. The highest BCUT2D eigenvalue weighted by Crippen LogP contribution is 2.14. The number of hydrogen-bond donors (Lipinski definition) is 2. The van der Waals surface area contributed by atoms with Crippen LogP contribution in [0.3, 0.4) is 0 Å². The van der Waals surface area contributed by atoms with Gasteiger partial charge in [0.15, 0.2) is 5.11 Å². The zero-order chi connectivity index (χ0) is 17.1. The minimum Gasteiger partial charge on any atom is -0.330 e. The second-order valence-electron chi connectivity index (χ2n) is 5.73. The quantitative estimate of drug-likeness (QED) is 0.715. The zero-order valence-corrected chi connectivity index (χ0v) is 14.8. The first-order valence-electron chi connectivity index (χ1n) is 7.66. The highest BCUT2D eigenvalue weighted by molar-refractivity contribution is 7.80. The second kappa shape index (κ2) is 6.84. The molecule has 2 N–H and O–H groups in total. The fraction of sp³-hybridized carbons (Fsp3) is 0.235. The van der Waals surface area contributed by atoms with Crippen LogP contribution < -0.4 is 10.6 Å². The molecule has 0 radical (unpaired) electrons. The van der Waals surface area contributed by atoms with Crippen LogP contribution in [-0.4, -0.2) is 24.7 Å². The van der Waals surface area contributed by atoms with Crippen molar-refractivity contribution in [2.24, 2.45) is 7.05 Å². The third-order valence-corrected chi connectivity index (χ3v) is 3.95. The largest absolute Gasteiger partial charge is 0.330 e. The smallest absolute Gasteiger partial charge is 0.175 e. The highest BCUT2D eigenvalue weighted by Gasteiger charge is 2.07. The van der Waals surface area contributed by atoms with Gasteiger partial charge in [0.2, 0.25) is 0 Å². The summed E-state index contributed by atoms with van der Waals surface area (Å²) < 4.78 is 3.64. The van der Waals surface area contributed by atoms with Crippen LogP contribution in [0.5, 0.6) is 0 Å². The van der Waals surface area contributed by atoms with Crippen LogP contribution in [-0.2, 0) is 13.6 Å². The maximum absolute atomic E-state index is 5.35. The lowest BCUT2D eigenvalue weighted by Crippen LogP contribution is -2.19. The van der Waals surface area contributed by atoms with Crippen molar-refractivity contribution in [3.8, 4) is 0 Å². The molecule has 3 aromatic rings. The maximum Gasteiger partial charge on any atom is 0.175 e. The molecule has 0 aliphatic carbocycles. The molecule has 2 heterocycles. The summed E-state index contributed by atoms with van der Waals surface area (Å²) >= 11 is 5.35. The van der Waals surface area contributed by atoms with E-state index in [-0.39, 0.29) is 0 Å². The van der Waals surface area contributed by atoms with E-state index in [4.69, 9.17) is 12.2 Å². The van der Waals surface area contributed by atoms with E-state index in [0.717, 1.165) is 23.6 Å². The van der Waals surface area contributed by atoms with E-state index >= 15 is 0 Å². The van der Waals surface area contributed by atoms with Crippen LogP contribution in [0.25, 0.3) is 0 Å². The van der Waals surface area contributed by atoms with Crippen LogP contribution in [0, 0.1) is 13.8 Å². The van der Waals surface area contributed by atoms with E-state index in [2.05, 4.69) is 39.9 Å². The number of thiocarbonyl (C=S) groups is 1. The number of nitrogens with one attached hydrogen (secondary N) is 2. The summed E-state index contributed by atoms with van der Waals surface area (Å²) in [5.74, 6) is 0. The number of aryl methyl sites for hydroxylation is 3. The normalized spacial score (nSPS) is 10.6. The summed E-state index contributed by atoms with van der Waals surface area (Å²) in [6, 6.07) is 8.30. The third kappa shape index (κ3) is 3.80. The Morgan fingerprint density at radius 2 is 1.96 bits per heavy atom. The van der Waals surface area contributed by atoms with Crippen molar-refractivity contribution in [3.05, 3.63) is 59.7 Å². The molecule has 0 aliphatic rings. The van der Waals surface area contributed by atoms with Crippen molar-refractivity contribution in [1.29, 1.82) is 0 Å². The molecule has 2 aromatic heterocycles. The predicted octanol–water partition coefficient (Wildman–Crippen LogP) is 3.09. The maximum atomic E-state index is 5.35. The minimum absolute atomic E-state index is 0.515. The molecule has 0 unspecified atom stereocenters. The van der Waals surface area contributed by atoms with Crippen molar-refractivity contribution in [2.75, 3.05) is 10.6 Å². The first kappa shape index (κ1) is 16.2. The number of aromatic nitrogens is 4. The Kier molecular flexibility index (Phi) is 4.61. The van der Waals surface area contributed by atoms with Crippen LogP contribution in [0.2, 0.25) is 0 Å². The Labute approximate surface area is 146 Å². The van der Waals surface area contributed by atoms with Gasteiger partial charge in [-0.15, -0.1) is 0 Å². The summed E-state index contributed by atoms with van der Waals surface area (Å²) in [5, 5.41) is 15.5. The number of anilines is 2. The zero-order valence-electron chi connectivity index (χ0n) is 13.9. The Morgan fingerprint density at radius 1 is 1.17 bits per heavy atom. The second-order valence-corrected chi connectivity index (χ2v) is 6.14. The minimum atomic E-state index is 0.515. The van der Waals surface area contributed by atoms with Crippen molar-refractivity contribution in [3.63, 3.8) is 0 Å². The molecule has 0 amide bonds. The van der Waals surface area contributed by atoms with Crippen molar-refractivity contribution in [2.45, 2.75) is 20.4 Å². The van der Waals surface area contributed by atoms with Gasteiger partial charge in [-0.2, -0.15) is 10.2 Å². The molecule has 0 spiro atoms. The molecular weight excluding hydrogens is 320 g/mol. The van der Waals surface area contributed by atoms with Gasteiger partial charge in [0.25, 0.3) is 0 Å². The average Bonchev–Trinajstić information content (AvgIpc) is 3.08. The topological polar surface area (TPSA) is 59.7 Å². The number of rotatable bonds is 4. The molecule has 6 nitrogen and oxygen atoms in total. The molecule has 3 rings (SSSR count). The number of benzene rings is 1. The Balaban J connectivity index is 1.62. The molecule has 1 aromatic carbocycles. The molecule has 0 bridgehead atoms. The van der Waals surface area contributed by atoms with Gasteiger partial charge >= 0.3 is 0 Å². The van der Waals surface area contributed by atoms with Crippen LogP contribution in [0.15, 0.2) is 42.9 Å². The van der Waals surface area contributed by atoms with E-state index in [9.17, 15) is 0 Å². The van der Waals surface area contributed by atoms with Gasteiger partial charge in [-0.05, 0) is 37.2 Å². The highest BCUT2D eigenvalue weighted by atomic mass is 32.1. The Morgan fingerprint density at radius 3 is 2.67 bits per heavy atom. The van der Waals surface area contributed by atoms with Crippen molar-refractivity contribution in [1.82, 2.24) is 19.6 Å². The molecule has 0 saturated heterocycles. The summed E-state index contributed by atoms with van der Waals surface area (Å²) in [7, 11) is 1.88. The standard InChI is InChI=1S/C17H20N6S/c1-12-6-4-5-7-14(12)9-23-10-15(8-18-23)19-17(24)20-16-11-22(3)21-13(16)2/h4-8,10-11H,9H2,1-3H3,(H2,19,20,24). The summed E-state index contributed by atoms with van der Waals surface area (Å²) in [5.41, 5.74) is 5.15. The van der Waals surface area contributed by atoms with E-state index in [0.29, 0.717) is 5.11 Å². The molecule has 0 saturated carbocycles. The summed E-state index contributed by atoms with van der Waals surface area (Å²) in [6.07, 6.45) is 5.60. The number of nitrogens with zero attached hydrogens (tertiary/aromatic N) is 4. The van der Waals surface area contributed by atoms with Crippen molar-refractivity contribution < 1.29 is 0 Å². The van der Waals surface area contributed by atoms with E-state index in [1.807, 2.05) is 43.2 Å². The van der Waals surface area contributed by atoms with Crippen LogP contribution in [0.1, 0.15) is 16.8 Å². The lowest BCUT2D eigenvalue weighted by molar-refractivity contribution is 0.684. The summed E-state index contributed by atoms with van der Waals surface area (Å²) in [4.78, 5) is 0. The van der Waals surface area contributed by atoms with Gasteiger partial charge in [0.1, 0.15) is 0 Å². The van der Waals surface area contributed by atoms with Gasteiger partial charge in [-0.1, -0.05) is 24.3 Å². The lowest BCUT2D eigenvalue weighted by atomic mass is 10.1. The van der Waals surface area contributed by atoms with Crippen LogP contribution in [0.4, 0.5) is 11.4 Å². The SMILES string of the molecule is Cc1ccccc1Cn1cc(NC(=S)Nc2cn(C)nc2C)cn1. The van der Waals surface area contributed by atoms with E-state index < -0.39 is 0 Å². The monoisotopic (exact) mass is 340 g/mol. The predicted molar refractivity (Wildman–Crippen MR) is 100 cm³/mol. The molecule has 24 heavy (non-hydrogen) atoms. The average molecular weight is 340 g/mol. The molecule has 0 aliphatic heterocycles. The lowest BCUT2D eigenvalue weighted by Gasteiger charge is -2.08. The number of hydrogen-bond acceptors (Lipinski definition) is 3.